The largest absolute Gasteiger partial charge is 0.497 e. The summed E-state index contributed by atoms with van der Waals surface area (Å²) < 4.78 is 60.8. The van der Waals surface area contributed by atoms with Crippen molar-refractivity contribution in [1.82, 2.24) is 4.90 Å². The van der Waals surface area contributed by atoms with Gasteiger partial charge < -0.3 is 28.6 Å². The third kappa shape index (κ3) is 8.37. The molecule has 10 nitrogen and oxygen atoms in total. The predicted octanol–water partition coefficient (Wildman–Crippen LogP) is 7.08. The van der Waals surface area contributed by atoms with Crippen LogP contribution in [-0.2, 0) is 15.1 Å². The van der Waals surface area contributed by atoms with Gasteiger partial charge in [-0.1, -0.05) is 66.7 Å². The second-order valence-corrected chi connectivity index (χ2v) is 13.6. The lowest BCUT2D eigenvalue weighted by Crippen LogP contribution is -2.43. The molecule has 4 aliphatic rings. The van der Waals surface area contributed by atoms with Crippen LogP contribution >= 0.6 is 0 Å². The number of rotatable bonds is 6. The van der Waals surface area contributed by atoms with Gasteiger partial charge in [-0.3, -0.25) is 9.11 Å². The Hall–Kier alpha value is -4.13. The number of ether oxygens (including phenoxy) is 5. The Morgan fingerprint density at radius 3 is 1.80 bits per heavy atom. The number of methoxy groups -OCH3 is 2. The first-order chi connectivity index (χ1) is 23.6. The Morgan fingerprint density at radius 1 is 0.755 bits per heavy atom. The molecule has 0 saturated carbocycles. The summed E-state index contributed by atoms with van der Waals surface area (Å²) in [5.74, 6) is 3.56. The van der Waals surface area contributed by atoms with E-state index in [0.29, 0.717) is 24.8 Å². The molecule has 0 radical (unpaired) electrons. The van der Waals surface area contributed by atoms with Crippen molar-refractivity contribution in [2.45, 2.75) is 62.0 Å². The second kappa shape index (κ2) is 15.2. The zero-order chi connectivity index (χ0) is 34.5. The highest BCUT2D eigenvalue weighted by Gasteiger charge is 2.41. The first-order valence-corrected chi connectivity index (χ1v) is 17.8. The molecule has 2 bridgehead atoms. The number of nitrogens with zero attached hydrogens (tertiary/aromatic N) is 1. The summed E-state index contributed by atoms with van der Waals surface area (Å²) in [5, 5.41) is 0. The van der Waals surface area contributed by atoms with Gasteiger partial charge >= 0.3 is 10.4 Å². The summed E-state index contributed by atoms with van der Waals surface area (Å²) >= 11 is 0. The molecular weight excluding hydrogens is 646 g/mol. The van der Waals surface area contributed by atoms with E-state index in [0.717, 1.165) is 28.6 Å². The molecule has 0 amide bonds. The fourth-order valence-electron chi connectivity index (χ4n) is 7.34. The lowest BCUT2D eigenvalue weighted by Gasteiger charge is -2.38. The quantitative estimate of drug-likeness (QED) is 0.203. The number of benzene rings is 4. The topological polar surface area (TPSA) is 124 Å². The Kier molecular flexibility index (Phi) is 10.8. The van der Waals surface area contributed by atoms with Gasteiger partial charge in [0.1, 0.15) is 35.2 Å². The van der Waals surface area contributed by atoms with E-state index in [1.54, 1.807) is 14.2 Å². The normalized spacial score (nSPS) is 23.3. The van der Waals surface area contributed by atoms with E-state index in [-0.39, 0.29) is 18.1 Å². The second-order valence-electron chi connectivity index (χ2n) is 12.7. The highest BCUT2D eigenvalue weighted by atomic mass is 32.3. The molecule has 2 saturated heterocycles. The van der Waals surface area contributed by atoms with E-state index in [9.17, 15) is 0 Å². The lowest BCUT2D eigenvalue weighted by atomic mass is 9.89. The first-order valence-electron chi connectivity index (χ1n) is 16.4. The minimum absolute atomic E-state index is 0.00163. The molecule has 260 valence electrons. The van der Waals surface area contributed by atoms with Crippen LogP contribution in [0.4, 0.5) is 0 Å². The van der Waals surface area contributed by atoms with E-state index < -0.39 is 10.4 Å². The van der Waals surface area contributed by atoms with E-state index in [2.05, 4.69) is 78.7 Å². The van der Waals surface area contributed by atoms with E-state index in [4.69, 9.17) is 41.2 Å². The summed E-state index contributed by atoms with van der Waals surface area (Å²) in [6.45, 7) is 0.615. The predicted molar refractivity (Wildman–Crippen MR) is 185 cm³/mol. The van der Waals surface area contributed by atoms with Crippen LogP contribution in [0.15, 0.2) is 97.1 Å². The lowest BCUT2D eigenvalue weighted by molar-refractivity contribution is -0.0426. The van der Waals surface area contributed by atoms with Gasteiger partial charge in [0.2, 0.25) is 0 Å². The van der Waals surface area contributed by atoms with Crippen molar-refractivity contribution in [3.63, 3.8) is 0 Å². The fraction of sp³-hybridized carbons (Fsp3) is 0.368. The Morgan fingerprint density at radius 2 is 1.27 bits per heavy atom. The highest BCUT2D eigenvalue weighted by Crippen LogP contribution is 2.52. The SMILES string of the molecule is CN1C2CCC1CC(OC(c1ccccc1)c1ccccc1)C2.COc1ccc2c(c1)OC1c3ccc(OC)cc3OCC21.O=S(=O)(O)O. The number of hydrogen-bond donors (Lipinski definition) is 2. The van der Waals surface area contributed by atoms with Crippen LogP contribution in [0.3, 0.4) is 0 Å². The van der Waals surface area contributed by atoms with Gasteiger partial charge in [0.15, 0.2) is 0 Å². The molecule has 4 heterocycles. The van der Waals surface area contributed by atoms with Crippen LogP contribution in [0, 0.1) is 0 Å². The molecule has 2 fully saturated rings. The van der Waals surface area contributed by atoms with E-state index in [1.807, 2.05) is 30.3 Å². The standard InChI is InChI=1S/C21H25NO.C17H16O4.H2O4S/c1-22-18-12-13-19(22)15-20(14-18)23-21(16-8-4-2-5-9-16)17-10-6-3-7-11-17;1-18-10-4-6-13-15(7-10)20-9-14-12-5-3-11(19-2)8-16(12)21-17(13)14;1-5(2,3)4/h2-11,18-21H,12-15H2,1H3;3-8,14,17H,9H2,1-2H3;(H2,1,2,3,4). The van der Waals surface area contributed by atoms with Gasteiger partial charge in [-0.25, -0.2) is 0 Å². The maximum atomic E-state index is 8.74. The van der Waals surface area contributed by atoms with E-state index >= 15 is 0 Å². The molecule has 0 aromatic heterocycles. The zero-order valence-corrected chi connectivity index (χ0v) is 28.7. The molecule has 4 atom stereocenters. The van der Waals surface area contributed by atoms with Crippen molar-refractivity contribution >= 4 is 10.4 Å². The molecule has 4 aromatic carbocycles. The van der Waals surface area contributed by atoms with Crippen LogP contribution in [0.25, 0.3) is 0 Å². The zero-order valence-electron chi connectivity index (χ0n) is 27.8. The summed E-state index contributed by atoms with van der Waals surface area (Å²) in [7, 11) is 0.931. The average Bonchev–Trinajstić information content (AvgIpc) is 3.57. The summed E-state index contributed by atoms with van der Waals surface area (Å²) in [6, 6.07) is 34.6. The van der Waals surface area contributed by atoms with Crippen LogP contribution in [-0.4, -0.2) is 68.5 Å². The van der Waals surface area contributed by atoms with Crippen molar-refractivity contribution in [3.05, 3.63) is 119 Å². The van der Waals surface area contributed by atoms with Gasteiger partial charge in [-0.05, 0) is 62.1 Å². The molecule has 0 aliphatic carbocycles. The molecule has 4 aliphatic heterocycles. The smallest absolute Gasteiger partial charge is 0.394 e. The number of hydrogen-bond acceptors (Lipinski definition) is 8. The van der Waals surface area contributed by atoms with Gasteiger partial charge in [0, 0.05) is 35.3 Å². The molecule has 4 unspecified atom stereocenters. The van der Waals surface area contributed by atoms with E-state index in [1.165, 1.54) is 42.4 Å². The van der Waals surface area contributed by atoms with Crippen molar-refractivity contribution in [2.75, 3.05) is 27.9 Å². The maximum Gasteiger partial charge on any atom is 0.394 e. The maximum absolute atomic E-state index is 8.74. The van der Waals surface area contributed by atoms with Gasteiger partial charge in [0.05, 0.1) is 32.8 Å². The third-order valence-corrected chi connectivity index (χ3v) is 9.77. The summed E-state index contributed by atoms with van der Waals surface area (Å²) in [4.78, 5) is 2.57. The molecular formula is C38H43NO9S. The molecule has 4 aromatic rings. The molecule has 11 heteroatoms. The van der Waals surface area contributed by atoms with Gasteiger partial charge in [0.25, 0.3) is 0 Å². The van der Waals surface area contributed by atoms with Crippen LogP contribution in [0.2, 0.25) is 0 Å². The van der Waals surface area contributed by atoms with Gasteiger partial charge in [-0.2, -0.15) is 8.42 Å². The first kappa shape index (κ1) is 34.7. The van der Waals surface area contributed by atoms with Crippen molar-refractivity contribution in [1.29, 1.82) is 0 Å². The minimum atomic E-state index is -4.67. The molecule has 2 N–H and O–H groups in total. The highest BCUT2D eigenvalue weighted by molar-refractivity contribution is 7.79. The molecule has 49 heavy (non-hydrogen) atoms. The summed E-state index contributed by atoms with van der Waals surface area (Å²) in [5.41, 5.74) is 4.76. The number of piperidine rings is 1. The summed E-state index contributed by atoms with van der Waals surface area (Å²) in [6.07, 6.45) is 5.43. The van der Waals surface area contributed by atoms with Crippen LogP contribution in [0.5, 0.6) is 23.0 Å². The van der Waals surface area contributed by atoms with Crippen LogP contribution < -0.4 is 18.9 Å². The Bertz CT molecular complexity index is 1740. The van der Waals surface area contributed by atoms with Crippen molar-refractivity contribution in [2.24, 2.45) is 0 Å². The Balaban J connectivity index is 0.000000150. The average molecular weight is 690 g/mol. The fourth-order valence-corrected chi connectivity index (χ4v) is 7.34. The van der Waals surface area contributed by atoms with Crippen LogP contribution in [0.1, 0.15) is 66.1 Å². The Labute approximate surface area is 288 Å². The minimum Gasteiger partial charge on any atom is -0.497 e. The molecule has 8 rings (SSSR count). The monoisotopic (exact) mass is 689 g/mol. The van der Waals surface area contributed by atoms with Crippen molar-refractivity contribution in [3.8, 4) is 23.0 Å². The third-order valence-electron chi connectivity index (χ3n) is 9.77. The van der Waals surface area contributed by atoms with Gasteiger partial charge in [-0.15, -0.1) is 0 Å². The van der Waals surface area contributed by atoms with Crippen molar-refractivity contribution < 1.29 is 41.2 Å². The number of fused-ring (bicyclic) bond motifs is 7. The molecule has 0 spiro atoms.